The summed E-state index contributed by atoms with van der Waals surface area (Å²) < 4.78 is 6.17. The Labute approximate surface area is 213 Å². The van der Waals surface area contributed by atoms with E-state index in [-0.39, 0.29) is 11.3 Å². The molecule has 1 N–H and O–H groups in total. The van der Waals surface area contributed by atoms with Crippen LogP contribution in [0.2, 0.25) is 0 Å². The summed E-state index contributed by atoms with van der Waals surface area (Å²) in [6.45, 7) is 8.94. The molecule has 3 aromatic carbocycles. The Balaban J connectivity index is 1.48. The molecule has 0 bridgehead atoms. The summed E-state index contributed by atoms with van der Waals surface area (Å²) in [5.41, 5.74) is 6.13. The topological polar surface area (TPSA) is 42.2 Å². The van der Waals surface area contributed by atoms with E-state index in [2.05, 4.69) is 51.2 Å². The van der Waals surface area contributed by atoms with Crippen molar-refractivity contribution in [3.05, 3.63) is 107 Å². The zero-order valence-corrected chi connectivity index (χ0v) is 21.5. The highest BCUT2D eigenvalue weighted by molar-refractivity contribution is 6.15. The minimum Gasteiger partial charge on any atom is -0.456 e. The molecule has 0 atom stereocenters. The summed E-state index contributed by atoms with van der Waals surface area (Å²) in [6, 6.07) is 21.8. The molecule has 4 aromatic rings. The predicted octanol–water partition coefficient (Wildman–Crippen LogP) is 9.32. The molecule has 0 aliphatic heterocycles. The number of hydrogen-bond donors (Lipinski definition) is 1. The van der Waals surface area contributed by atoms with Crippen molar-refractivity contribution < 1.29 is 9.21 Å². The van der Waals surface area contributed by atoms with Crippen LogP contribution in [-0.4, -0.2) is 5.91 Å². The van der Waals surface area contributed by atoms with Crippen molar-refractivity contribution in [1.82, 2.24) is 0 Å². The Morgan fingerprint density at radius 1 is 1.00 bits per heavy atom. The van der Waals surface area contributed by atoms with Gasteiger partial charge in [0.05, 0.1) is 5.56 Å². The molecule has 0 radical (unpaired) electrons. The molecule has 0 fully saturated rings. The fraction of sp³-hybridized carbons (Fsp3) is 0.242. The van der Waals surface area contributed by atoms with Crippen molar-refractivity contribution in [2.45, 2.75) is 47.0 Å². The molecule has 0 saturated carbocycles. The van der Waals surface area contributed by atoms with Gasteiger partial charge in [0.2, 0.25) is 0 Å². The first-order chi connectivity index (χ1) is 17.3. The summed E-state index contributed by atoms with van der Waals surface area (Å²) in [6.07, 6.45) is 9.98. The molecule has 1 aromatic heterocycles. The Morgan fingerprint density at radius 3 is 2.56 bits per heavy atom. The number of hydrogen-bond acceptors (Lipinski definition) is 2. The molecular formula is C33H33NO2. The van der Waals surface area contributed by atoms with E-state index in [1.54, 1.807) is 0 Å². The van der Waals surface area contributed by atoms with E-state index in [1.807, 2.05) is 66.7 Å². The summed E-state index contributed by atoms with van der Waals surface area (Å²) in [7, 11) is 0. The highest BCUT2D eigenvalue weighted by Gasteiger charge is 2.26. The van der Waals surface area contributed by atoms with E-state index in [9.17, 15) is 4.79 Å². The molecule has 1 aliphatic carbocycles. The van der Waals surface area contributed by atoms with Gasteiger partial charge < -0.3 is 9.73 Å². The van der Waals surface area contributed by atoms with Crippen molar-refractivity contribution in [1.29, 1.82) is 0 Å². The third-order valence-corrected chi connectivity index (χ3v) is 7.27. The van der Waals surface area contributed by atoms with Crippen LogP contribution < -0.4 is 5.32 Å². The van der Waals surface area contributed by atoms with Crippen molar-refractivity contribution in [2.24, 2.45) is 5.41 Å². The molecule has 1 aliphatic rings. The summed E-state index contributed by atoms with van der Waals surface area (Å²) in [5, 5.41) is 6.13. The second-order valence-corrected chi connectivity index (χ2v) is 10.5. The molecule has 0 spiro atoms. The lowest BCUT2D eigenvalue weighted by Crippen LogP contribution is -2.19. The van der Waals surface area contributed by atoms with Crippen LogP contribution in [0.3, 0.4) is 0 Å². The molecule has 182 valence electrons. The highest BCUT2D eigenvalue weighted by Crippen LogP contribution is 2.41. The van der Waals surface area contributed by atoms with E-state index in [1.165, 1.54) is 24.0 Å². The Bertz CT molecular complexity index is 1540. The van der Waals surface area contributed by atoms with E-state index < -0.39 is 0 Å². The van der Waals surface area contributed by atoms with Gasteiger partial charge in [-0.25, -0.2) is 0 Å². The van der Waals surface area contributed by atoms with Crippen LogP contribution in [0.4, 0.5) is 5.69 Å². The zero-order valence-electron chi connectivity index (χ0n) is 21.5. The number of furan rings is 1. The second kappa shape index (κ2) is 9.66. The average molecular weight is 476 g/mol. The lowest BCUT2D eigenvalue weighted by molar-refractivity contribution is 0.102. The first kappa shape index (κ1) is 23.9. The summed E-state index contributed by atoms with van der Waals surface area (Å²) in [4.78, 5) is 13.5. The molecular weight excluding hydrogens is 442 g/mol. The lowest BCUT2D eigenvalue weighted by Gasteiger charge is -2.32. The second-order valence-electron chi connectivity index (χ2n) is 10.5. The number of benzene rings is 3. The summed E-state index contributed by atoms with van der Waals surface area (Å²) in [5.74, 6) is 0.399. The number of allylic oxidation sites excluding steroid dienone is 5. The van der Waals surface area contributed by atoms with Gasteiger partial charge in [-0.05, 0) is 84.7 Å². The third-order valence-electron chi connectivity index (χ3n) is 7.27. The van der Waals surface area contributed by atoms with E-state index in [0.29, 0.717) is 16.9 Å². The Morgan fingerprint density at radius 2 is 1.75 bits per heavy atom. The smallest absolute Gasteiger partial charge is 0.260 e. The molecule has 0 saturated heterocycles. The number of carbonyl (C=O) groups excluding carboxylic acids is 1. The predicted molar refractivity (Wildman–Crippen MR) is 151 cm³/mol. The fourth-order valence-corrected chi connectivity index (χ4v) is 5.34. The van der Waals surface area contributed by atoms with Crippen LogP contribution in [0.25, 0.3) is 27.8 Å². The molecule has 3 nitrogen and oxygen atoms in total. The van der Waals surface area contributed by atoms with Crippen molar-refractivity contribution >= 4 is 39.4 Å². The molecule has 3 heteroatoms. The fourth-order valence-electron chi connectivity index (χ4n) is 5.34. The maximum absolute atomic E-state index is 13.5. The van der Waals surface area contributed by atoms with Gasteiger partial charge in [0.15, 0.2) is 0 Å². The van der Waals surface area contributed by atoms with Crippen molar-refractivity contribution in [3.63, 3.8) is 0 Å². The van der Waals surface area contributed by atoms with Gasteiger partial charge in [-0.15, -0.1) is 0 Å². The van der Waals surface area contributed by atoms with Crippen LogP contribution in [-0.2, 0) is 0 Å². The van der Waals surface area contributed by atoms with Crippen molar-refractivity contribution in [3.8, 4) is 0 Å². The van der Waals surface area contributed by atoms with Gasteiger partial charge in [0, 0.05) is 11.1 Å². The molecule has 0 unspecified atom stereocenters. The van der Waals surface area contributed by atoms with Gasteiger partial charge >= 0.3 is 0 Å². The van der Waals surface area contributed by atoms with Gasteiger partial charge in [-0.1, -0.05) is 80.1 Å². The van der Waals surface area contributed by atoms with E-state index >= 15 is 0 Å². The van der Waals surface area contributed by atoms with Gasteiger partial charge in [-0.3, -0.25) is 4.79 Å². The average Bonchev–Trinajstić information content (AvgIpc) is 3.21. The van der Waals surface area contributed by atoms with E-state index in [0.717, 1.165) is 33.8 Å². The first-order valence-electron chi connectivity index (χ1n) is 12.7. The lowest BCUT2D eigenvalue weighted by atomic mass is 9.72. The number of nitrogens with one attached hydrogen (secondary N) is 1. The molecule has 1 amide bonds. The Kier molecular flexibility index (Phi) is 6.40. The minimum absolute atomic E-state index is 0.176. The van der Waals surface area contributed by atoms with Gasteiger partial charge in [-0.2, -0.15) is 0 Å². The molecule has 5 rings (SSSR count). The summed E-state index contributed by atoms with van der Waals surface area (Å²) >= 11 is 0. The van der Waals surface area contributed by atoms with Gasteiger partial charge in [0.1, 0.15) is 11.3 Å². The normalized spacial score (nSPS) is 16.3. The standard InChI is InChI=1S/C33H33NO2/c1-22(15-18-28-23(2)10-9-19-33(28,3)4)20-30-31(27-13-7-8-14-29(27)36-30)32(35)34-26-17-16-24-11-5-6-12-25(24)21-26/h5-8,11-18,20-21H,9-10,19H2,1-4H3,(H,34,35)/b18-15?,22-20+. The maximum Gasteiger partial charge on any atom is 0.260 e. The van der Waals surface area contributed by atoms with Crippen LogP contribution in [0.15, 0.2) is 100 Å². The van der Waals surface area contributed by atoms with Crippen LogP contribution in [0.1, 0.15) is 63.1 Å². The Hall–Kier alpha value is -3.85. The SMILES string of the molecule is CC1=C(C=C/C(C)=C/c2oc3ccccc3c2C(=O)Nc2ccc3ccccc3c2)C(C)(C)CCC1. The van der Waals surface area contributed by atoms with Crippen LogP contribution >= 0.6 is 0 Å². The molecule has 1 heterocycles. The minimum atomic E-state index is -0.176. The number of amides is 1. The zero-order chi connectivity index (χ0) is 25.3. The van der Waals surface area contributed by atoms with Crippen LogP contribution in [0.5, 0.6) is 0 Å². The number of fused-ring (bicyclic) bond motifs is 2. The maximum atomic E-state index is 13.5. The largest absolute Gasteiger partial charge is 0.456 e. The quantitative estimate of drug-likeness (QED) is 0.292. The number of carbonyl (C=O) groups is 1. The number of anilines is 1. The van der Waals surface area contributed by atoms with Gasteiger partial charge in [0.25, 0.3) is 5.91 Å². The highest BCUT2D eigenvalue weighted by atomic mass is 16.3. The first-order valence-corrected chi connectivity index (χ1v) is 12.7. The van der Waals surface area contributed by atoms with Crippen molar-refractivity contribution in [2.75, 3.05) is 5.32 Å². The monoisotopic (exact) mass is 475 g/mol. The third kappa shape index (κ3) is 4.79. The van der Waals surface area contributed by atoms with E-state index in [4.69, 9.17) is 4.42 Å². The van der Waals surface area contributed by atoms with Crippen LogP contribution in [0, 0.1) is 5.41 Å². The number of para-hydroxylation sites is 1. The number of rotatable bonds is 5. The molecule has 36 heavy (non-hydrogen) atoms.